The lowest BCUT2D eigenvalue weighted by Gasteiger charge is -2.20. The van der Waals surface area contributed by atoms with Crippen LogP contribution in [0.2, 0.25) is 5.02 Å². The van der Waals surface area contributed by atoms with Gasteiger partial charge < -0.3 is 9.88 Å². The minimum Gasteiger partial charge on any atom is -0.352 e. The van der Waals surface area contributed by atoms with Crippen molar-refractivity contribution >= 4 is 34.0 Å². The van der Waals surface area contributed by atoms with Crippen LogP contribution >= 0.6 is 11.6 Å². The lowest BCUT2D eigenvalue weighted by atomic mass is 10.1. The SMILES string of the molecule is Cc1ccc(Nc2cc3nc4cc(F)ccc4n(-c4ccc(Cl)cc4)c-3c/c2=N\C(C)C)cn1. The summed E-state index contributed by atoms with van der Waals surface area (Å²) in [5, 5.41) is 4.87. The van der Waals surface area contributed by atoms with Gasteiger partial charge in [-0.15, -0.1) is 0 Å². The summed E-state index contributed by atoms with van der Waals surface area (Å²) < 4.78 is 16.2. The van der Waals surface area contributed by atoms with E-state index in [-0.39, 0.29) is 11.9 Å². The van der Waals surface area contributed by atoms with E-state index in [0.717, 1.165) is 39.3 Å². The number of nitrogens with zero attached hydrogens (tertiary/aromatic N) is 4. The van der Waals surface area contributed by atoms with Crippen LogP contribution in [0.3, 0.4) is 0 Å². The molecule has 0 fully saturated rings. The first kappa shape index (κ1) is 22.0. The zero-order valence-electron chi connectivity index (χ0n) is 19.1. The van der Waals surface area contributed by atoms with Gasteiger partial charge in [-0.05, 0) is 81.4 Å². The third-order valence-electron chi connectivity index (χ3n) is 5.43. The van der Waals surface area contributed by atoms with Crippen molar-refractivity contribution in [1.29, 1.82) is 0 Å². The van der Waals surface area contributed by atoms with Gasteiger partial charge in [-0.1, -0.05) is 11.6 Å². The summed E-state index contributed by atoms with van der Waals surface area (Å²) in [6.45, 7) is 6.02. The molecule has 3 aromatic rings. The second-order valence-corrected chi connectivity index (χ2v) is 8.89. The van der Waals surface area contributed by atoms with E-state index in [0.29, 0.717) is 16.2 Å². The van der Waals surface area contributed by atoms with Crippen molar-refractivity contribution in [3.05, 3.63) is 94.8 Å². The number of rotatable bonds is 4. The Morgan fingerprint density at radius 3 is 2.50 bits per heavy atom. The third kappa shape index (κ3) is 4.37. The Balaban J connectivity index is 1.82. The number of halogens is 2. The number of hydrogen-bond donors (Lipinski definition) is 1. The summed E-state index contributed by atoms with van der Waals surface area (Å²) in [6.07, 6.45) is 1.79. The van der Waals surface area contributed by atoms with E-state index in [2.05, 4.69) is 14.9 Å². The van der Waals surface area contributed by atoms with Crippen LogP contribution in [0.4, 0.5) is 15.8 Å². The standard InChI is InChI=1S/C27H23ClFN5/c1-16(2)31-23-14-27-25(13-22(23)32-20-8-4-17(3)30-15-20)33-24-12-19(29)7-11-26(24)34(27)21-9-5-18(28)6-10-21/h4-16,32H,1-3H3/b31-23+. The molecule has 0 saturated carbocycles. The molecule has 1 aromatic heterocycles. The Morgan fingerprint density at radius 1 is 1.00 bits per heavy atom. The molecule has 1 aliphatic carbocycles. The van der Waals surface area contributed by atoms with E-state index in [4.69, 9.17) is 21.6 Å². The van der Waals surface area contributed by atoms with Gasteiger partial charge in [-0.2, -0.15) is 0 Å². The van der Waals surface area contributed by atoms with Crippen LogP contribution in [-0.2, 0) is 0 Å². The van der Waals surface area contributed by atoms with Gasteiger partial charge in [0, 0.05) is 28.5 Å². The third-order valence-corrected chi connectivity index (χ3v) is 5.68. The fourth-order valence-electron chi connectivity index (χ4n) is 3.92. The second-order valence-electron chi connectivity index (χ2n) is 8.45. The quantitative estimate of drug-likeness (QED) is 0.297. The van der Waals surface area contributed by atoms with Gasteiger partial charge in [-0.3, -0.25) is 9.98 Å². The number of benzene rings is 3. The summed E-state index contributed by atoms with van der Waals surface area (Å²) >= 11 is 6.15. The summed E-state index contributed by atoms with van der Waals surface area (Å²) in [4.78, 5) is 14.0. The topological polar surface area (TPSA) is 55.1 Å². The Kier molecular flexibility index (Phi) is 5.75. The minimum atomic E-state index is -0.336. The molecular weight excluding hydrogens is 449 g/mol. The fraction of sp³-hybridized carbons (Fsp3) is 0.148. The first-order chi connectivity index (χ1) is 16.4. The zero-order chi connectivity index (χ0) is 23.8. The molecule has 7 heteroatoms. The first-order valence-corrected chi connectivity index (χ1v) is 11.4. The van der Waals surface area contributed by atoms with Crippen molar-refractivity contribution in [1.82, 2.24) is 14.5 Å². The summed E-state index contributed by atoms with van der Waals surface area (Å²) in [7, 11) is 0. The van der Waals surface area contributed by atoms with Gasteiger partial charge in [0.2, 0.25) is 0 Å². The maximum absolute atomic E-state index is 14.1. The lowest BCUT2D eigenvalue weighted by molar-refractivity contribution is 0.629. The van der Waals surface area contributed by atoms with Crippen molar-refractivity contribution < 1.29 is 4.39 Å². The number of aryl methyl sites for hydroxylation is 1. The van der Waals surface area contributed by atoms with E-state index < -0.39 is 0 Å². The van der Waals surface area contributed by atoms with E-state index in [9.17, 15) is 4.39 Å². The van der Waals surface area contributed by atoms with Crippen LogP contribution in [0, 0.1) is 12.7 Å². The van der Waals surface area contributed by atoms with Crippen molar-refractivity contribution in [2.75, 3.05) is 5.32 Å². The average Bonchev–Trinajstić information content (AvgIpc) is 2.80. The lowest BCUT2D eigenvalue weighted by Crippen LogP contribution is -2.16. The van der Waals surface area contributed by atoms with Gasteiger partial charge in [0.1, 0.15) is 5.82 Å². The number of anilines is 2. The molecule has 1 aliphatic heterocycles. The molecule has 5 nitrogen and oxygen atoms in total. The molecule has 0 saturated heterocycles. The molecule has 0 atom stereocenters. The van der Waals surface area contributed by atoms with Gasteiger partial charge in [0.25, 0.3) is 0 Å². The van der Waals surface area contributed by atoms with Gasteiger partial charge in [-0.25, -0.2) is 9.37 Å². The normalized spacial score (nSPS) is 12.1. The number of nitrogens with one attached hydrogen (secondary N) is 1. The molecular formula is C27H23ClFN5. The highest BCUT2D eigenvalue weighted by Gasteiger charge is 2.17. The van der Waals surface area contributed by atoms with Crippen molar-refractivity contribution in [3.63, 3.8) is 0 Å². The van der Waals surface area contributed by atoms with Crippen molar-refractivity contribution in [2.45, 2.75) is 26.8 Å². The number of fused-ring (bicyclic) bond motifs is 2. The van der Waals surface area contributed by atoms with Crippen LogP contribution in [0.25, 0.3) is 28.1 Å². The van der Waals surface area contributed by atoms with Crippen LogP contribution in [0.1, 0.15) is 19.5 Å². The molecule has 0 radical (unpaired) electrons. The molecule has 170 valence electrons. The highest BCUT2D eigenvalue weighted by Crippen LogP contribution is 2.31. The fourth-order valence-corrected chi connectivity index (χ4v) is 4.05. The van der Waals surface area contributed by atoms with Crippen molar-refractivity contribution in [3.8, 4) is 17.1 Å². The molecule has 2 aliphatic rings. The zero-order valence-corrected chi connectivity index (χ0v) is 19.8. The Hall–Kier alpha value is -3.77. The Labute approximate surface area is 202 Å². The molecule has 0 spiro atoms. The molecule has 0 unspecified atom stereocenters. The first-order valence-electron chi connectivity index (χ1n) is 11.0. The van der Waals surface area contributed by atoms with Crippen LogP contribution in [0.15, 0.2) is 77.9 Å². The van der Waals surface area contributed by atoms with Gasteiger partial charge >= 0.3 is 0 Å². The molecule has 2 aromatic carbocycles. The summed E-state index contributed by atoms with van der Waals surface area (Å²) in [5.74, 6) is -0.336. The predicted molar refractivity (Wildman–Crippen MR) is 136 cm³/mol. The number of hydrogen-bond acceptors (Lipinski definition) is 4. The Bertz CT molecular complexity index is 1520. The molecule has 0 amide bonds. The highest BCUT2D eigenvalue weighted by atomic mass is 35.5. The smallest absolute Gasteiger partial charge is 0.125 e. The van der Waals surface area contributed by atoms with E-state index in [1.165, 1.54) is 12.1 Å². The molecule has 5 rings (SSSR count). The monoisotopic (exact) mass is 471 g/mol. The van der Waals surface area contributed by atoms with Crippen LogP contribution < -0.4 is 10.7 Å². The van der Waals surface area contributed by atoms with Crippen LogP contribution in [-0.4, -0.2) is 20.6 Å². The maximum atomic E-state index is 14.1. The average molecular weight is 472 g/mol. The number of aromatic nitrogens is 3. The maximum Gasteiger partial charge on any atom is 0.125 e. The van der Waals surface area contributed by atoms with Crippen molar-refractivity contribution in [2.24, 2.45) is 4.99 Å². The van der Waals surface area contributed by atoms with Crippen LogP contribution in [0.5, 0.6) is 0 Å². The predicted octanol–water partition coefficient (Wildman–Crippen LogP) is 6.68. The molecule has 0 bridgehead atoms. The Morgan fingerprint density at radius 2 is 1.79 bits per heavy atom. The minimum absolute atomic E-state index is 0.0839. The van der Waals surface area contributed by atoms with E-state index in [1.54, 1.807) is 12.3 Å². The highest BCUT2D eigenvalue weighted by molar-refractivity contribution is 6.30. The molecule has 1 N–H and O–H groups in total. The molecule has 2 heterocycles. The van der Waals surface area contributed by atoms with E-state index in [1.807, 2.05) is 69.3 Å². The number of pyridine rings is 1. The largest absolute Gasteiger partial charge is 0.352 e. The second kappa shape index (κ2) is 8.88. The summed E-state index contributed by atoms with van der Waals surface area (Å²) in [6, 6.07) is 20.2. The summed E-state index contributed by atoms with van der Waals surface area (Å²) in [5.41, 5.74) is 6.39. The molecule has 34 heavy (non-hydrogen) atoms. The van der Waals surface area contributed by atoms with E-state index >= 15 is 0 Å². The van der Waals surface area contributed by atoms with Gasteiger partial charge in [0.05, 0.1) is 45.4 Å². The van der Waals surface area contributed by atoms with Gasteiger partial charge in [0.15, 0.2) is 0 Å².